The molecule has 0 fully saturated rings. The van der Waals surface area contributed by atoms with E-state index in [1.54, 1.807) is 0 Å². The third-order valence-corrected chi connectivity index (χ3v) is 8.43. The summed E-state index contributed by atoms with van der Waals surface area (Å²) in [6.07, 6.45) is 3.94. The molecule has 0 amide bonds. The molecular formula is C46H56N4O2U. The second-order valence-electron chi connectivity index (χ2n) is 14.4. The van der Waals surface area contributed by atoms with Gasteiger partial charge in [0.15, 0.2) is 0 Å². The first-order valence-corrected chi connectivity index (χ1v) is 18.3. The van der Waals surface area contributed by atoms with Crippen molar-refractivity contribution in [3.63, 3.8) is 0 Å². The number of hydrogen-bond donors (Lipinski definition) is 0. The van der Waals surface area contributed by atoms with Crippen LogP contribution in [0, 0.1) is 31.1 Å². The molecule has 0 saturated carbocycles. The average molecular weight is 935 g/mol. The Hall–Kier alpha value is -4.05. The number of hydrogen-bond acceptors (Lipinski definition) is 4. The van der Waals surface area contributed by atoms with E-state index in [0.29, 0.717) is 23.7 Å². The van der Waals surface area contributed by atoms with E-state index in [2.05, 4.69) is 55.4 Å². The summed E-state index contributed by atoms with van der Waals surface area (Å²) >= 11 is 0. The molecule has 276 valence electrons. The van der Waals surface area contributed by atoms with Crippen LogP contribution in [0.15, 0.2) is 118 Å². The third kappa shape index (κ3) is 13.7. The normalized spacial score (nSPS) is 14.8. The van der Waals surface area contributed by atoms with Gasteiger partial charge in [-0.25, -0.2) is 0 Å². The maximum absolute atomic E-state index is 11.9. The first-order valence-electron chi connectivity index (χ1n) is 18.3. The van der Waals surface area contributed by atoms with Gasteiger partial charge >= 0.3 is 31.1 Å². The molecule has 0 radical (unpaired) electrons. The summed E-state index contributed by atoms with van der Waals surface area (Å²) in [5.41, 5.74) is 10.6. The van der Waals surface area contributed by atoms with Crippen molar-refractivity contribution in [1.29, 1.82) is 0 Å². The van der Waals surface area contributed by atoms with Crippen LogP contribution in [0.4, 0.5) is 22.7 Å². The average Bonchev–Trinajstić information content (AvgIpc) is 3.06. The van der Waals surface area contributed by atoms with Crippen molar-refractivity contribution >= 4 is 34.2 Å². The Morgan fingerprint density at radius 3 is 1.00 bits per heavy atom. The number of nitrogens with zero attached hydrogens (tertiary/aromatic N) is 4. The zero-order valence-corrected chi connectivity index (χ0v) is 37.8. The van der Waals surface area contributed by atoms with Crippen LogP contribution >= 0.6 is 0 Å². The fraction of sp³-hybridized carbons (Fsp3) is 0.348. The predicted octanol–water partition coefficient (Wildman–Crippen LogP) is 13.4. The molecule has 7 heteroatoms. The van der Waals surface area contributed by atoms with Gasteiger partial charge < -0.3 is 20.8 Å². The summed E-state index contributed by atoms with van der Waals surface area (Å²) in [6, 6.07) is 27.4. The van der Waals surface area contributed by atoms with Gasteiger partial charge in [0, 0.05) is 22.8 Å². The Balaban J connectivity index is 0.000000304. The first-order chi connectivity index (χ1) is 24.6. The van der Waals surface area contributed by atoms with Crippen LogP contribution in [0.5, 0.6) is 11.5 Å². The van der Waals surface area contributed by atoms with Gasteiger partial charge in [-0.15, -0.1) is 22.9 Å². The topological polar surface area (TPSA) is 99.0 Å². The largest absolute Gasteiger partial charge is 4.00 e. The molecule has 0 aromatic heterocycles. The van der Waals surface area contributed by atoms with E-state index < -0.39 is 0 Å². The number of benzene rings is 4. The molecule has 0 saturated heterocycles. The van der Waals surface area contributed by atoms with Gasteiger partial charge in [0.05, 0.1) is 0 Å². The molecule has 4 aromatic rings. The standard InChI is InChI=1S/C22H22N4.2C12H18O.U/c1-15-13-16(2)24-21-11-7-8-12-22(21)26-18(4)14-17(3)25-20-10-6-5-9-19(20)23-15;2*1-8(2)10-6-5-7-11(9(3)4)12(10)13;/h5-14H,1-4H3;2*5-9,13H,1-4H3;/q-2;;;+4/p-2/b15-13-,18-14-,24-16?,25-17?;;;. The van der Waals surface area contributed by atoms with Crippen molar-refractivity contribution < 1.29 is 41.3 Å². The predicted molar refractivity (Wildman–Crippen MR) is 220 cm³/mol. The molecular weight excluding hydrogens is 879 g/mol. The van der Waals surface area contributed by atoms with Gasteiger partial charge in [0.25, 0.3) is 0 Å². The van der Waals surface area contributed by atoms with Crippen LogP contribution in [-0.2, 0) is 0 Å². The summed E-state index contributed by atoms with van der Waals surface area (Å²) in [5.74, 6) is 1.76. The molecule has 1 aliphatic heterocycles. The minimum Gasteiger partial charge on any atom is -0.872 e. The molecule has 0 spiro atoms. The fourth-order valence-corrected chi connectivity index (χ4v) is 5.77. The van der Waals surface area contributed by atoms with Crippen LogP contribution in [-0.4, -0.2) is 11.4 Å². The third-order valence-electron chi connectivity index (χ3n) is 8.43. The maximum Gasteiger partial charge on any atom is 4.00 e. The number of aliphatic imine (C=N–C) groups is 2. The number of allylic oxidation sites excluding steroid dienone is 4. The van der Waals surface area contributed by atoms with Crippen molar-refractivity contribution in [3.05, 3.63) is 141 Å². The Labute approximate surface area is 343 Å². The zero-order chi connectivity index (χ0) is 38.5. The molecule has 6 nitrogen and oxygen atoms in total. The molecule has 5 rings (SSSR count). The Morgan fingerprint density at radius 2 is 0.717 bits per heavy atom. The van der Waals surface area contributed by atoms with Crippen LogP contribution in [0.25, 0.3) is 10.6 Å². The molecule has 0 unspecified atom stereocenters. The number of rotatable bonds is 4. The Bertz CT molecular complexity index is 1730. The van der Waals surface area contributed by atoms with Crippen LogP contribution in [0.3, 0.4) is 0 Å². The molecule has 0 N–H and O–H groups in total. The van der Waals surface area contributed by atoms with Gasteiger partial charge in [-0.2, -0.15) is 11.4 Å². The smallest absolute Gasteiger partial charge is 0.872 e. The number of fused-ring (bicyclic) bond motifs is 2. The Morgan fingerprint density at radius 1 is 0.434 bits per heavy atom. The molecule has 0 atom stereocenters. The first kappa shape index (κ1) is 45.1. The maximum atomic E-state index is 11.9. The van der Waals surface area contributed by atoms with E-state index in [4.69, 9.17) is 20.6 Å². The van der Waals surface area contributed by atoms with Crippen molar-refractivity contribution in [2.75, 3.05) is 0 Å². The second-order valence-corrected chi connectivity index (χ2v) is 14.4. The van der Waals surface area contributed by atoms with Gasteiger partial charge in [-0.05, 0) is 49.7 Å². The monoisotopic (exact) mass is 934 g/mol. The van der Waals surface area contributed by atoms with E-state index in [1.165, 1.54) is 0 Å². The van der Waals surface area contributed by atoms with Gasteiger partial charge in [-0.1, -0.05) is 176 Å². The minimum atomic E-state index is 0. The summed E-state index contributed by atoms with van der Waals surface area (Å²) < 4.78 is 0. The van der Waals surface area contributed by atoms with Crippen molar-refractivity contribution in [2.24, 2.45) is 9.98 Å². The van der Waals surface area contributed by atoms with E-state index >= 15 is 0 Å². The van der Waals surface area contributed by atoms with E-state index in [-0.39, 0.29) is 42.6 Å². The van der Waals surface area contributed by atoms with Crippen molar-refractivity contribution in [2.45, 2.75) is 107 Å². The van der Waals surface area contributed by atoms with Crippen molar-refractivity contribution in [3.8, 4) is 11.5 Å². The van der Waals surface area contributed by atoms with Crippen LogP contribution in [0.1, 0.15) is 129 Å². The van der Waals surface area contributed by atoms with Crippen LogP contribution in [0.2, 0.25) is 0 Å². The van der Waals surface area contributed by atoms with Gasteiger partial charge in [-0.3, -0.25) is 9.98 Å². The summed E-state index contributed by atoms with van der Waals surface area (Å²) in [4.78, 5) is 9.43. The summed E-state index contributed by atoms with van der Waals surface area (Å²) in [5, 5.41) is 33.1. The summed E-state index contributed by atoms with van der Waals surface area (Å²) in [6.45, 7) is 24.3. The Kier molecular flexibility index (Phi) is 18.4. The fourth-order valence-electron chi connectivity index (χ4n) is 5.77. The molecule has 0 bridgehead atoms. The molecule has 4 aromatic carbocycles. The minimum absolute atomic E-state index is 0. The zero-order valence-electron chi connectivity index (χ0n) is 33.7. The molecule has 1 heterocycles. The SMILES string of the molecule is CC(C)c1cccc(C(C)C)c1[O-].CC(C)c1cccc(C(C)C)c1[O-].CC1=Nc2ccccc2[N-]/C(C)=C\C(C)=Nc2ccccc2[N-]/C(C)=C\1.[U+4]. The van der Waals surface area contributed by atoms with Gasteiger partial charge in [0.1, 0.15) is 0 Å². The van der Waals surface area contributed by atoms with Crippen LogP contribution < -0.4 is 10.2 Å². The molecule has 53 heavy (non-hydrogen) atoms. The second kappa shape index (κ2) is 21.6. The molecule has 1 aliphatic rings. The van der Waals surface area contributed by atoms with E-state index in [0.717, 1.165) is 67.8 Å². The van der Waals surface area contributed by atoms with E-state index in [1.807, 2.05) is 125 Å². The molecule has 0 aliphatic carbocycles. The number of para-hydroxylation sites is 6. The van der Waals surface area contributed by atoms with Crippen molar-refractivity contribution in [1.82, 2.24) is 0 Å². The summed E-state index contributed by atoms with van der Waals surface area (Å²) in [7, 11) is 0. The van der Waals surface area contributed by atoms with Gasteiger partial charge in [0.2, 0.25) is 0 Å². The van der Waals surface area contributed by atoms with E-state index in [9.17, 15) is 10.2 Å². The quantitative estimate of drug-likeness (QED) is 0.204.